The van der Waals surface area contributed by atoms with Crippen LogP contribution in [0.1, 0.15) is 34.1 Å². The third kappa shape index (κ3) is 2.29. The second kappa shape index (κ2) is 3.21. The molecule has 0 aromatic heterocycles. The summed E-state index contributed by atoms with van der Waals surface area (Å²) in [6.45, 7) is 14.3. The highest BCUT2D eigenvalue weighted by Crippen LogP contribution is 2.51. The van der Waals surface area contributed by atoms with E-state index in [1.54, 1.807) is 0 Å². The molecule has 2 nitrogen and oxygen atoms in total. The average Bonchev–Trinajstić information content (AvgIpc) is 2.55. The van der Waals surface area contributed by atoms with E-state index in [0.717, 1.165) is 12.5 Å². The van der Waals surface area contributed by atoms with Crippen LogP contribution in [0.5, 0.6) is 0 Å². The molecule has 0 amide bonds. The van der Waals surface area contributed by atoms with Crippen molar-refractivity contribution < 1.29 is 0 Å². The molecule has 1 saturated heterocycles. The van der Waals surface area contributed by atoms with Crippen LogP contribution in [0.3, 0.4) is 0 Å². The minimum Gasteiger partial charge on any atom is -0.309 e. The van der Waals surface area contributed by atoms with Gasteiger partial charge in [0.15, 0.2) is 0 Å². The lowest BCUT2D eigenvalue weighted by atomic mass is 10.0. The van der Waals surface area contributed by atoms with Crippen molar-refractivity contribution in [2.24, 2.45) is 11.3 Å². The van der Waals surface area contributed by atoms with Gasteiger partial charge < -0.3 is 5.32 Å². The van der Waals surface area contributed by atoms with Gasteiger partial charge in [0.1, 0.15) is 0 Å². The van der Waals surface area contributed by atoms with Crippen LogP contribution in [-0.4, -0.2) is 36.6 Å². The van der Waals surface area contributed by atoms with E-state index in [1.165, 1.54) is 26.1 Å². The Morgan fingerprint density at radius 3 is 2.43 bits per heavy atom. The fraction of sp³-hybridized carbons (Fsp3) is 1.00. The first-order valence-electron chi connectivity index (χ1n) is 5.86. The van der Waals surface area contributed by atoms with Crippen molar-refractivity contribution in [2.75, 3.05) is 26.2 Å². The topological polar surface area (TPSA) is 15.3 Å². The third-order valence-corrected chi connectivity index (χ3v) is 3.85. The fourth-order valence-corrected chi connectivity index (χ4v) is 2.60. The van der Waals surface area contributed by atoms with Gasteiger partial charge in [-0.2, -0.15) is 0 Å². The summed E-state index contributed by atoms with van der Waals surface area (Å²) in [5.74, 6) is 0.955. The molecule has 0 spiro atoms. The van der Waals surface area contributed by atoms with Crippen molar-refractivity contribution in [3.8, 4) is 0 Å². The van der Waals surface area contributed by atoms with E-state index >= 15 is 0 Å². The Labute approximate surface area is 88.1 Å². The molecule has 0 aromatic rings. The number of hydrogen-bond acceptors (Lipinski definition) is 2. The highest BCUT2D eigenvalue weighted by Gasteiger charge is 2.46. The van der Waals surface area contributed by atoms with Gasteiger partial charge in [-0.1, -0.05) is 13.8 Å². The van der Waals surface area contributed by atoms with Gasteiger partial charge in [-0.3, -0.25) is 4.90 Å². The Bertz CT molecular complexity index is 220. The van der Waals surface area contributed by atoms with Crippen LogP contribution in [0.4, 0.5) is 0 Å². The lowest BCUT2D eigenvalue weighted by Crippen LogP contribution is -2.57. The smallest absolute Gasteiger partial charge is 0.0252 e. The van der Waals surface area contributed by atoms with E-state index in [4.69, 9.17) is 0 Å². The Hall–Kier alpha value is -0.0800. The summed E-state index contributed by atoms with van der Waals surface area (Å²) in [6, 6.07) is 0. The van der Waals surface area contributed by atoms with Crippen LogP contribution in [0, 0.1) is 11.3 Å². The molecule has 1 heterocycles. The predicted molar refractivity (Wildman–Crippen MR) is 60.4 cm³/mol. The lowest BCUT2D eigenvalue weighted by molar-refractivity contribution is 0.145. The SMILES string of the molecule is CC1(C)CN(CC2CC2(C)C)CCN1. The summed E-state index contributed by atoms with van der Waals surface area (Å²) >= 11 is 0. The van der Waals surface area contributed by atoms with Gasteiger partial charge in [0.05, 0.1) is 0 Å². The van der Waals surface area contributed by atoms with E-state index in [9.17, 15) is 0 Å². The fourth-order valence-electron chi connectivity index (χ4n) is 2.60. The molecule has 1 N–H and O–H groups in total. The molecule has 0 bridgehead atoms. The monoisotopic (exact) mass is 196 g/mol. The first kappa shape index (κ1) is 10.4. The van der Waals surface area contributed by atoms with Gasteiger partial charge >= 0.3 is 0 Å². The van der Waals surface area contributed by atoms with Crippen LogP contribution in [0.25, 0.3) is 0 Å². The Morgan fingerprint density at radius 1 is 1.29 bits per heavy atom. The molecule has 14 heavy (non-hydrogen) atoms. The molecule has 82 valence electrons. The van der Waals surface area contributed by atoms with E-state index in [1.807, 2.05) is 0 Å². The zero-order valence-corrected chi connectivity index (χ0v) is 10.1. The quantitative estimate of drug-likeness (QED) is 0.723. The maximum Gasteiger partial charge on any atom is 0.0252 e. The van der Waals surface area contributed by atoms with E-state index in [-0.39, 0.29) is 0 Å². The minimum absolute atomic E-state index is 0.317. The highest BCUT2D eigenvalue weighted by atomic mass is 15.2. The molecule has 0 radical (unpaired) electrons. The number of hydrogen-bond donors (Lipinski definition) is 1. The molecule has 1 atom stereocenters. The van der Waals surface area contributed by atoms with Crippen molar-refractivity contribution in [3.05, 3.63) is 0 Å². The second-order valence-electron chi connectivity index (χ2n) is 6.44. The van der Waals surface area contributed by atoms with Crippen molar-refractivity contribution in [2.45, 2.75) is 39.7 Å². The van der Waals surface area contributed by atoms with Gasteiger partial charge in [0.25, 0.3) is 0 Å². The summed E-state index contributed by atoms with van der Waals surface area (Å²) in [6.07, 6.45) is 1.43. The largest absolute Gasteiger partial charge is 0.309 e. The number of rotatable bonds is 2. The Kier molecular flexibility index (Phi) is 2.39. The maximum absolute atomic E-state index is 3.56. The molecular formula is C12H24N2. The van der Waals surface area contributed by atoms with E-state index in [0.29, 0.717) is 11.0 Å². The van der Waals surface area contributed by atoms with Gasteiger partial charge in [-0.25, -0.2) is 0 Å². The molecule has 1 unspecified atom stereocenters. The summed E-state index contributed by atoms with van der Waals surface area (Å²) < 4.78 is 0. The Balaban J connectivity index is 1.82. The van der Waals surface area contributed by atoms with E-state index in [2.05, 4.69) is 37.9 Å². The zero-order chi connectivity index (χ0) is 10.4. The van der Waals surface area contributed by atoms with Crippen molar-refractivity contribution in [1.29, 1.82) is 0 Å². The van der Waals surface area contributed by atoms with Crippen LogP contribution in [0.15, 0.2) is 0 Å². The maximum atomic E-state index is 3.56. The third-order valence-electron chi connectivity index (χ3n) is 3.85. The standard InChI is InChI=1S/C12H24N2/c1-11(2)7-10(11)8-14-6-5-13-12(3,4)9-14/h10,13H,5-9H2,1-4H3. The van der Waals surface area contributed by atoms with Crippen LogP contribution >= 0.6 is 0 Å². The number of piperazine rings is 1. The Morgan fingerprint density at radius 2 is 1.93 bits per heavy atom. The van der Waals surface area contributed by atoms with Gasteiger partial charge in [-0.05, 0) is 31.6 Å². The summed E-state index contributed by atoms with van der Waals surface area (Å²) in [5.41, 5.74) is 0.951. The normalized spacial score (nSPS) is 35.6. The molecule has 2 heteroatoms. The first-order chi connectivity index (χ1) is 6.39. The van der Waals surface area contributed by atoms with Crippen LogP contribution in [-0.2, 0) is 0 Å². The number of nitrogens with zero attached hydrogens (tertiary/aromatic N) is 1. The average molecular weight is 196 g/mol. The molecule has 0 aromatic carbocycles. The number of nitrogens with one attached hydrogen (secondary N) is 1. The summed E-state index contributed by atoms with van der Waals surface area (Å²) in [5, 5.41) is 3.56. The van der Waals surface area contributed by atoms with Crippen molar-refractivity contribution >= 4 is 0 Å². The predicted octanol–water partition coefficient (Wildman–Crippen LogP) is 1.72. The van der Waals surface area contributed by atoms with Crippen LogP contribution in [0.2, 0.25) is 0 Å². The molecule has 2 aliphatic rings. The highest BCUT2D eigenvalue weighted by molar-refractivity contribution is 4.98. The zero-order valence-electron chi connectivity index (χ0n) is 10.1. The lowest BCUT2D eigenvalue weighted by Gasteiger charge is -2.39. The molecule has 1 saturated carbocycles. The summed E-state index contributed by atoms with van der Waals surface area (Å²) in [7, 11) is 0. The van der Waals surface area contributed by atoms with Crippen molar-refractivity contribution in [1.82, 2.24) is 10.2 Å². The molecule has 2 rings (SSSR count). The summed E-state index contributed by atoms with van der Waals surface area (Å²) in [4.78, 5) is 2.63. The van der Waals surface area contributed by atoms with Crippen LogP contribution < -0.4 is 5.32 Å². The van der Waals surface area contributed by atoms with Gasteiger partial charge in [-0.15, -0.1) is 0 Å². The first-order valence-corrected chi connectivity index (χ1v) is 5.86. The minimum atomic E-state index is 0.317. The van der Waals surface area contributed by atoms with Gasteiger partial charge in [0.2, 0.25) is 0 Å². The molecule has 2 fully saturated rings. The van der Waals surface area contributed by atoms with Crippen molar-refractivity contribution in [3.63, 3.8) is 0 Å². The molecule has 1 aliphatic carbocycles. The second-order valence-corrected chi connectivity index (χ2v) is 6.44. The van der Waals surface area contributed by atoms with Gasteiger partial charge in [0, 0.05) is 31.7 Å². The molecule has 1 aliphatic heterocycles. The van der Waals surface area contributed by atoms with E-state index < -0.39 is 0 Å². The molecular weight excluding hydrogens is 172 g/mol.